The highest BCUT2D eigenvalue weighted by Gasteiger charge is 2.06. The molecule has 0 saturated carbocycles. The summed E-state index contributed by atoms with van der Waals surface area (Å²) >= 11 is 5.66. The maximum absolute atomic E-state index is 9.66. The fraction of sp³-hybridized carbons (Fsp3) is 0.100. The first kappa shape index (κ1) is 9.38. The van der Waals surface area contributed by atoms with Crippen LogP contribution in [-0.2, 0) is 6.42 Å². The van der Waals surface area contributed by atoms with E-state index in [1.807, 2.05) is 12.1 Å². The first-order valence-electron chi connectivity index (χ1n) is 4.02. The first-order valence-corrected chi connectivity index (χ1v) is 5.28. The topological polar surface area (TPSA) is 44.0 Å². The molecule has 0 aliphatic carbocycles. The molecule has 70 valence electrons. The van der Waals surface area contributed by atoms with Gasteiger partial charge in [0.15, 0.2) is 0 Å². The number of rotatable bonds is 1. The van der Waals surface area contributed by atoms with Crippen molar-refractivity contribution in [1.29, 1.82) is 5.26 Å². The fourth-order valence-corrected chi connectivity index (χ4v) is 2.58. The zero-order chi connectivity index (χ0) is 10.1. The zero-order valence-corrected chi connectivity index (χ0v) is 8.90. The van der Waals surface area contributed by atoms with Crippen molar-refractivity contribution in [3.05, 3.63) is 23.8 Å². The predicted molar refractivity (Wildman–Crippen MR) is 60.1 cm³/mol. The molecule has 14 heavy (non-hydrogen) atoms. The van der Waals surface area contributed by atoms with Crippen molar-refractivity contribution in [2.75, 3.05) is 0 Å². The molecule has 0 fully saturated rings. The highest BCUT2D eigenvalue weighted by atomic mass is 32.2. The van der Waals surface area contributed by atoms with Gasteiger partial charge in [-0.1, -0.05) is 0 Å². The Labute approximate surface area is 90.8 Å². The fourth-order valence-electron chi connectivity index (χ4n) is 1.37. The van der Waals surface area contributed by atoms with Crippen molar-refractivity contribution in [1.82, 2.24) is 0 Å². The third-order valence-electron chi connectivity index (χ3n) is 1.93. The van der Waals surface area contributed by atoms with Crippen molar-refractivity contribution in [2.24, 2.45) is 0 Å². The highest BCUT2D eigenvalue weighted by molar-refractivity contribution is 7.83. The van der Waals surface area contributed by atoms with E-state index in [-0.39, 0.29) is 5.75 Å². The molecule has 0 unspecified atom stereocenters. The molecule has 4 heteroatoms. The van der Waals surface area contributed by atoms with E-state index in [4.69, 9.17) is 5.26 Å². The molecule has 0 spiro atoms. The van der Waals surface area contributed by atoms with Gasteiger partial charge in [0.25, 0.3) is 0 Å². The van der Waals surface area contributed by atoms with Crippen LogP contribution in [0.25, 0.3) is 10.1 Å². The lowest BCUT2D eigenvalue weighted by atomic mass is 10.1. The van der Waals surface area contributed by atoms with Gasteiger partial charge in [-0.05, 0) is 29.1 Å². The molecule has 1 aromatic heterocycles. The minimum Gasteiger partial charge on any atom is -0.506 e. The van der Waals surface area contributed by atoms with Gasteiger partial charge in [-0.3, -0.25) is 0 Å². The van der Waals surface area contributed by atoms with Crippen LogP contribution in [-0.4, -0.2) is 5.11 Å². The summed E-state index contributed by atoms with van der Waals surface area (Å²) < 4.78 is 1.70. The Morgan fingerprint density at radius 1 is 1.43 bits per heavy atom. The third kappa shape index (κ3) is 1.57. The van der Waals surface area contributed by atoms with Crippen LogP contribution in [0.1, 0.15) is 5.56 Å². The minimum absolute atomic E-state index is 0.234. The second-order valence-corrected chi connectivity index (χ2v) is 4.79. The lowest BCUT2D eigenvalue weighted by Crippen LogP contribution is -1.80. The number of aromatic hydroxyl groups is 1. The molecule has 1 heterocycles. The Morgan fingerprint density at radius 2 is 2.21 bits per heavy atom. The van der Waals surface area contributed by atoms with Gasteiger partial charge in [-0.2, -0.15) is 5.26 Å². The van der Waals surface area contributed by atoms with E-state index in [0.717, 1.165) is 19.9 Å². The molecule has 0 radical (unpaired) electrons. The molecular formula is C10H7NOS2. The number of nitrogens with zero attached hydrogens (tertiary/aromatic N) is 1. The Hall–Kier alpha value is -1.18. The molecule has 0 aliphatic heterocycles. The third-order valence-corrected chi connectivity index (χ3v) is 3.31. The molecule has 1 aromatic carbocycles. The monoisotopic (exact) mass is 221 g/mol. The molecular weight excluding hydrogens is 214 g/mol. The van der Waals surface area contributed by atoms with Crippen molar-refractivity contribution < 1.29 is 5.11 Å². The quantitative estimate of drug-likeness (QED) is 0.727. The Morgan fingerprint density at radius 3 is 2.93 bits per heavy atom. The number of thiol groups is 1. The summed E-state index contributed by atoms with van der Waals surface area (Å²) in [5, 5.41) is 19.2. The smallest absolute Gasteiger partial charge is 0.133 e. The van der Waals surface area contributed by atoms with E-state index in [9.17, 15) is 5.11 Å². The van der Waals surface area contributed by atoms with Crippen LogP contribution < -0.4 is 0 Å². The molecule has 2 rings (SSSR count). The van der Waals surface area contributed by atoms with Gasteiger partial charge in [0.05, 0.1) is 21.4 Å². The number of nitriles is 1. The molecule has 2 nitrogen and oxygen atoms in total. The Balaban J connectivity index is 2.66. The molecule has 0 atom stereocenters. The van der Waals surface area contributed by atoms with Crippen molar-refractivity contribution in [3.63, 3.8) is 0 Å². The zero-order valence-electron chi connectivity index (χ0n) is 7.19. The van der Waals surface area contributed by atoms with Gasteiger partial charge < -0.3 is 5.11 Å². The summed E-state index contributed by atoms with van der Waals surface area (Å²) in [5.74, 6) is 0.234. The largest absolute Gasteiger partial charge is 0.506 e. The predicted octanol–water partition coefficient (Wildman–Crippen LogP) is 2.96. The summed E-state index contributed by atoms with van der Waals surface area (Å²) in [6.45, 7) is 0. The minimum atomic E-state index is 0.234. The molecule has 0 amide bonds. The maximum Gasteiger partial charge on any atom is 0.133 e. The number of phenolic OH excluding ortho intramolecular Hbond substituents is 1. The number of hydrogen-bond donors (Lipinski definition) is 2. The highest BCUT2D eigenvalue weighted by Crippen LogP contribution is 2.35. The lowest BCUT2D eigenvalue weighted by Gasteiger charge is -1.98. The Kier molecular flexibility index (Phi) is 2.36. The average Bonchev–Trinajstić information content (AvgIpc) is 2.47. The summed E-state index contributed by atoms with van der Waals surface area (Å²) in [6.07, 6.45) is 0.321. The number of fused-ring (bicyclic) bond motifs is 1. The van der Waals surface area contributed by atoms with E-state index in [0.29, 0.717) is 6.42 Å². The standard InChI is InChI=1S/C10H7NOS2/c11-2-1-6-3-7-5-9(13)14-10(7)8(12)4-6/h3-5,12-13H,1H2. The van der Waals surface area contributed by atoms with Crippen molar-refractivity contribution in [3.8, 4) is 11.8 Å². The average molecular weight is 221 g/mol. The van der Waals surface area contributed by atoms with Crippen LogP contribution in [0.5, 0.6) is 5.75 Å². The van der Waals surface area contributed by atoms with Gasteiger partial charge in [-0.15, -0.1) is 24.0 Å². The van der Waals surface area contributed by atoms with Gasteiger partial charge in [0.2, 0.25) is 0 Å². The van der Waals surface area contributed by atoms with Gasteiger partial charge in [-0.25, -0.2) is 0 Å². The van der Waals surface area contributed by atoms with Gasteiger partial charge in [0, 0.05) is 0 Å². The number of benzene rings is 1. The number of thiophene rings is 1. The van der Waals surface area contributed by atoms with Crippen LogP contribution in [0.15, 0.2) is 22.4 Å². The first-order chi connectivity index (χ1) is 6.70. The van der Waals surface area contributed by atoms with E-state index in [1.54, 1.807) is 6.07 Å². The van der Waals surface area contributed by atoms with Crippen molar-refractivity contribution >= 4 is 34.1 Å². The van der Waals surface area contributed by atoms with E-state index < -0.39 is 0 Å². The van der Waals surface area contributed by atoms with Crippen LogP contribution in [0.4, 0.5) is 0 Å². The molecule has 2 aromatic rings. The maximum atomic E-state index is 9.66. The summed E-state index contributed by atoms with van der Waals surface area (Å²) in [4.78, 5) is 0. The SMILES string of the molecule is N#CCc1cc(O)c2sc(S)cc2c1. The lowest BCUT2D eigenvalue weighted by molar-refractivity contribution is 0.482. The van der Waals surface area contributed by atoms with Crippen LogP contribution in [0.2, 0.25) is 0 Å². The summed E-state index contributed by atoms with van der Waals surface area (Å²) in [5.41, 5.74) is 0.837. The normalized spacial score (nSPS) is 10.3. The van der Waals surface area contributed by atoms with Gasteiger partial charge >= 0.3 is 0 Å². The Bertz CT molecular complexity index is 525. The van der Waals surface area contributed by atoms with E-state index in [2.05, 4.69) is 18.7 Å². The summed E-state index contributed by atoms with van der Waals surface area (Å²) in [7, 11) is 0. The van der Waals surface area contributed by atoms with Crippen LogP contribution in [0.3, 0.4) is 0 Å². The second-order valence-electron chi connectivity index (χ2n) is 2.95. The van der Waals surface area contributed by atoms with E-state index >= 15 is 0 Å². The molecule has 1 N–H and O–H groups in total. The van der Waals surface area contributed by atoms with Crippen LogP contribution in [0, 0.1) is 11.3 Å². The number of hydrogen-bond acceptors (Lipinski definition) is 4. The molecule has 0 saturated heterocycles. The molecule has 0 aliphatic rings. The summed E-state index contributed by atoms with van der Waals surface area (Å²) in [6, 6.07) is 7.49. The molecule has 0 bridgehead atoms. The van der Waals surface area contributed by atoms with Crippen LogP contribution >= 0.6 is 24.0 Å². The van der Waals surface area contributed by atoms with E-state index in [1.165, 1.54) is 11.3 Å². The van der Waals surface area contributed by atoms with Crippen molar-refractivity contribution in [2.45, 2.75) is 10.6 Å². The van der Waals surface area contributed by atoms with Gasteiger partial charge in [0.1, 0.15) is 5.75 Å². The number of phenols is 1. The second kappa shape index (κ2) is 3.52.